The summed E-state index contributed by atoms with van der Waals surface area (Å²) in [5, 5.41) is 1.21. The minimum absolute atomic E-state index is 1.05. The van der Waals surface area contributed by atoms with E-state index in [1.54, 1.807) is 11.3 Å². The molecule has 0 N–H and O–H groups in total. The molecule has 96 valence electrons. The van der Waals surface area contributed by atoms with E-state index in [1.165, 1.54) is 20.5 Å². The normalized spacial score (nSPS) is 11.1. The Morgan fingerprint density at radius 1 is 1.05 bits per heavy atom. The number of rotatable bonds is 4. The SMILES string of the molecule is C=Cc1c(Br)cc2sc(/C=C\C)c(C=C)c2c1C=C. The smallest absolute Gasteiger partial charge is 0.0373 e. The average molecular weight is 331 g/mol. The van der Waals surface area contributed by atoms with Crippen molar-refractivity contribution in [3.8, 4) is 0 Å². The number of fused-ring (bicyclic) bond motifs is 1. The highest BCUT2D eigenvalue weighted by Gasteiger charge is 2.14. The van der Waals surface area contributed by atoms with Crippen molar-refractivity contribution in [2.75, 3.05) is 0 Å². The van der Waals surface area contributed by atoms with Crippen LogP contribution in [0.2, 0.25) is 0 Å². The van der Waals surface area contributed by atoms with Gasteiger partial charge in [0.2, 0.25) is 0 Å². The monoisotopic (exact) mass is 330 g/mol. The summed E-state index contributed by atoms with van der Waals surface area (Å²) in [4.78, 5) is 1.23. The van der Waals surface area contributed by atoms with Crippen molar-refractivity contribution >= 4 is 61.7 Å². The molecule has 2 aromatic rings. The van der Waals surface area contributed by atoms with Crippen LogP contribution in [-0.4, -0.2) is 0 Å². The van der Waals surface area contributed by atoms with Crippen LogP contribution >= 0.6 is 27.3 Å². The van der Waals surface area contributed by atoms with E-state index in [9.17, 15) is 0 Å². The third-order valence-electron chi connectivity index (χ3n) is 3.01. The standard InChI is InChI=1S/C17H15BrS/c1-5-9-15-13(8-4)17-12(7-3)11(6-2)14(18)10-16(17)19-15/h5-10H,2-4H2,1H3/b9-5-. The first kappa shape index (κ1) is 14.0. The van der Waals surface area contributed by atoms with Crippen molar-refractivity contribution in [1.29, 1.82) is 0 Å². The fraction of sp³-hybridized carbons (Fsp3) is 0.0588. The second-order valence-electron chi connectivity index (χ2n) is 4.05. The van der Waals surface area contributed by atoms with Gasteiger partial charge in [-0.2, -0.15) is 0 Å². The molecule has 19 heavy (non-hydrogen) atoms. The largest absolute Gasteiger partial charge is 0.135 e. The number of halogens is 1. The van der Waals surface area contributed by atoms with E-state index >= 15 is 0 Å². The summed E-state index contributed by atoms with van der Waals surface area (Å²) in [5.74, 6) is 0. The van der Waals surface area contributed by atoms with Gasteiger partial charge >= 0.3 is 0 Å². The molecular formula is C17H15BrS. The first-order valence-electron chi connectivity index (χ1n) is 5.96. The van der Waals surface area contributed by atoms with Crippen LogP contribution in [0.4, 0.5) is 0 Å². The number of thiophene rings is 1. The highest BCUT2D eigenvalue weighted by Crippen LogP contribution is 2.40. The molecule has 0 aliphatic carbocycles. The van der Waals surface area contributed by atoms with Gasteiger partial charge in [-0.25, -0.2) is 0 Å². The van der Waals surface area contributed by atoms with Crippen molar-refractivity contribution in [2.24, 2.45) is 0 Å². The molecule has 0 nitrogen and oxygen atoms in total. The Balaban J connectivity index is 3.01. The van der Waals surface area contributed by atoms with Gasteiger partial charge in [0, 0.05) is 25.0 Å². The van der Waals surface area contributed by atoms with Crippen LogP contribution in [0.3, 0.4) is 0 Å². The minimum Gasteiger partial charge on any atom is -0.135 e. The van der Waals surface area contributed by atoms with Crippen LogP contribution in [0.25, 0.3) is 34.4 Å². The van der Waals surface area contributed by atoms with E-state index in [1.807, 2.05) is 25.2 Å². The maximum Gasteiger partial charge on any atom is 0.0373 e. The molecule has 2 rings (SSSR count). The molecule has 0 unspecified atom stereocenters. The van der Waals surface area contributed by atoms with E-state index in [2.05, 4.69) is 53.9 Å². The Hall–Kier alpha value is -1.38. The quantitative estimate of drug-likeness (QED) is 0.590. The molecule has 0 fully saturated rings. The zero-order chi connectivity index (χ0) is 14.0. The van der Waals surface area contributed by atoms with Crippen LogP contribution in [0.15, 0.2) is 36.4 Å². The summed E-state index contributed by atoms with van der Waals surface area (Å²) in [7, 11) is 0. The molecule has 0 atom stereocenters. The molecule has 0 radical (unpaired) electrons. The number of hydrogen-bond acceptors (Lipinski definition) is 1. The molecule has 0 amide bonds. The zero-order valence-corrected chi connectivity index (χ0v) is 13.3. The molecule has 0 spiro atoms. The van der Waals surface area contributed by atoms with E-state index in [0.717, 1.165) is 15.6 Å². The van der Waals surface area contributed by atoms with Crippen LogP contribution in [0, 0.1) is 0 Å². The summed E-state index contributed by atoms with van der Waals surface area (Å²) in [5.41, 5.74) is 3.36. The summed E-state index contributed by atoms with van der Waals surface area (Å²) in [6.07, 6.45) is 9.84. The lowest BCUT2D eigenvalue weighted by atomic mass is 9.99. The van der Waals surface area contributed by atoms with Crippen molar-refractivity contribution in [3.05, 3.63) is 57.9 Å². The van der Waals surface area contributed by atoms with E-state index in [-0.39, 0.29) is 0 Å². The molecule has 2 heteroatoms. The molecule has 1 heterocycles. The van der Waals surface area contributed by atoms with Gasteiger partial charge in [-0.1, -0.05) is 60.0 Å². The molecule has 0 aliphatic rings. The molecular weight excluding hydrogens is 316 g/mol. The number of allylic oxidation sites excluding steroid dienone is 1. The molecule has 0 saturated carbocycles. The molecule has 0 bridgehead atoms. The Morgan fingerprint density at radius 3 is 2.21 bits per heavy atom. The van der Waals surface area contributed by atoms with Crippen LogP contribution in [0.1, 0.15) is 28.5 Å². The van der Waals surface area contributed by atoms with Crippen molar-refractivity contribution in [3.63, 3.8) is 0 Å². The lowest BCUT2D eigenvalue weighted by Crippen LogP contribution is -1.85. The Kier molecular flexibility index (Phi) is 4.23. The summed E-state index contributed by atoms with van der Waals surface area (Å²) in [6.45, 7) is 13.8. The highest BCUT2D eigenvalue weighted by atomic mass is 79.9. The summed E-state index contributed by atoms with van der Waals surface area (Å²) in [6, 6.07) is 2.14. The highest BCUT2D eigenvalue weighted by molar-refractivity contribution is 9.10. The third-order valence-corrected chi connectivity index (χ3v) is 4.78. The number of benzene rings is 1. The topological polar surface area (TPSA) is 0 Å². The Bertz CT molecular complexity index is 702. The predicted molar refractivity (Wildman–Crippen MR) is 94.5 cm³/mol. The Morgan fingerprint density at radius 2 is 1.68 bits per heavy atom. The van der Waals surface area contributed by atoms with Gasteiger partial charge in [0.15, 0.2) is 0 Å². The van der Waals surface area contributed by atoms with Crippen LogP contribution in [-0.2, 0) is 0 Å². The summed E-state index contributed by atoms with van der Waals surface area (Å²) >= 11 is 5.37. The van der Waals surface area contributed by atoms with Crippen LogP contribution < -0.4 is 0 Å². The first-order valence-corrected chi connectivity index (χ1v) is 7.57. The second kappa shape index (κ2) is 5.72. The second-order valence-corrected chi connectivity index (χ2v) is 5.99. The minimum atomic E-state index is 1.05. The number of hydrogen-bond donors (Lipinski definition) is 0. The van der Waals surface area contributed by atoms with Gasteiger partial charge in [0.1, 0.15) is 0 Å². The van der Waals surface area contributed by atoms with Gasteiger partial charge in [-0.05, 0) is 30.2 Å². The molecule has 1 aromatic heterocycles. The predicted octanol–water partition coefficient (Wildman–Crippen LogP) is 6.63. The van der Waals surface area contributed by atoms with Gasteiger partial charge in [-0.15, -0.1) is 11.3 Å². The van der Waals surface area contributed by atoms with E-state index in [4.69, 9.17) is 0 Å². The van der Waals surface area contributed by atoms with E-state index in [0.29, 0.717) is 0 Å². The fourth-order valence-electron chi connectivity index (χ4n) is 2.21. The molecule has 0 saturated heterocycles. The van der Waals surface area contributed by atoms with Gasteiger partial charge in [-0.3, -0.25) is 0 Å². The zero-order valence-electron chi connectivity index (χ0n) is 10.9. The van der Waals surface area contributed by atoms with Gasteiger partial charge < -0.3 is 0 Å². The lowest BCUT2D eigenvalue weighted by molar-refractivity contribution is 1.65. The Labute approximate surface area is 126 Å². The van der Waals surface area contributed by atoms with E-state index < -0.39 is 0 Å². The van der Waals surface area contributed by atoms with Crippen molar-refractivity contribution in [1.82, 2.24) is 0 Å². The van der Waals surface area contributed by atoms with Crippen molar-refractivity contribution in [2.45, 2.75) is 6.92 Å². The summed E-state index contributed by atoms with van der Waals surface area (Å²) < 4.78 is 2.28. The average Bonchev–Trinajstić information content (AvgIpc) is 2.74. The lowest BCUT2D eigenvalue weighted by Gasteiger charge is -2.07. The molecule has 1 aromatic carbocycles. The van der Waals surface area contributed by atoms with Gasteiger partial charge in [0.25, 0.3) is 0 Å². The molecule has 0 aliphatic heterocycles. The first-order chi connectivity index (χ1) is 9.17. The fourth-order valence-corrected chi connectivity index (χ4v) is 4.20. The maximum absolute atomic E-state index is 3.95. The third kappa shape index (κ3) is 2.26. The van der Waals surface area contributed by atoms with Gasteiger partial charge in [0.05, 0.1) is 0 Å². The van der Waals surface area contributed by atoms with Crippen molar-refractivity contribution < 1.29 is 0 Å². The maximum atomic E-state index is 3.95. The van der Waals surface area contributed by atoms with Crippen LogP contribution in [0.5, 0.6) is 0 Å².